The zero-order valence-electron chi connectivity index (χ0n) is 14.9. The SMILES string of the molecule is CCC(CSc1nc(N)nc2nc[nH]c12)Nc1ccc(OC)c(OC)c1. The van der Waals surface area contributed by atoms with Crippen molar-refractivity contribution in [3.05, 3.63) is 24.5 Å². The molecule has 138 valence electrons. The number of nitrogens with two attached hydrogens (primary N) is 1. The number of hydrogen-bond donors (Lipinski definition) is 3. The highest BCUT2D eigenvalue weighted by atomic mass is 32.2. The molecule has 0 saturated heterocycles. The second kappa shape index (κ2) is 8.13. The van der Waals surface area contributed by atoms with E-state index in [4.69, 9.17) is 15.2 Å². The molecule has 3 rings (SSSR count). The Hall–Kier alpha value is -2.68. The number of nitrogen functional groups attached to an aromatic ring is 1. The smallest absolute Gasteiger partial charge is 0.223 e. The minimum absolute atomic E-state index is 0.230. The zero-order valence-corrected chi connectivity index (χ0v) is 15.8. The van der Waals surface area contributed by atoms with Gasteiger partial charge in [0, 0.05) is 23.5 Å². The standard InChI is InChI=1S/C17H22N6O2S/c1-4-10(21-11-5-6-12(24-2)13(7-11)25-3)8-26-16-14-15(20-9-19-14)22-17(18)23-16/h5-7,9-10,21H,4,8H2,1-3H3,(H3,18,19,20,22,23). The molecule has 2 aromatic heterocycles. The summed E-state index contributed by atoms with van der Waals surface area (Å²) in [7, 11) is 3.25. The molecule has 4 N–H and O–H groups in total. The van der Waals surface area contributed by atoms with Gasteiger partial charge in [-0.1, -0.05) is 6.92 Å². The molecule has 9 heteroatoms. The third kappa shape index (κ3) is 3.93. The molecule has 0 spiro atoms. The summed E-state index contributed by atoms with van der Waals surface area (Å²) in [5.41, 5.74) is 8.15. The van der Waals surface area contributed by atoms with E-state index in [1.807, 2.05) is 18.2 Å². The molecule has 26 heavy (non-hydrogen) atoms. The Bertz CT molecular complexity index is 885. The van der Waals surface area contributed by atoms with Crippen molar-refractivity contribution in [2.24, 2.45) is 0 Å². The van der Waals surface area contributed by atoms with Gasteiger partial charge in [-0.3, -0.25) is 0 Å². The molecule has 1 unspecified atom stereocenters. The third-order valence-corrected chi connectivity index (χ3v) is 5.08. The topological polar surface area (TPSA) is 111 Å². The van der Waals surface area contributed by atoms with Crippen LogP contribution in [0.15, 0.2) is 29.6 Å². The zero-order chi connectivity index (χ0) is 18.5. The van der Waals surface area contributed by atoms with Crippen LogP contribution in [-0.4, -0.2) is 46.0 Å². The number of nitrogens with one attached hydrogen (secondary N) is 2. The molecule has 8 nitrogen and oxygen atoms in total. The Morgan fingerprint density at radius 3 is 2.77 bits per heavy atom. The molecule has 1 aromatic carbocycles. The van der Waals surface area contributed by atoms with Crippen molar-refractivity contribution in [3.63, 3.8) is 0 Å². The van der Waals surface area contributed by atoms with E-state index in [-0.39, 0.29) is 12.0 Å². The fraction of sp³-hybridized carbons (Fsp3) is 0.353. The fourth-order valence-electron chi connectivity index (χ4n) is 2.53. The van der Waals surface area contributed by atoms with Crippen LogP contribution in [-0.2, 0) is 0 Å². The predicted molar refractivity (Wildman–Crippen MR) is 104 cm³/mol. The first-order chi connectivity index (χ1) is 12.6. The highest BCUT2D eigenvalue weighted by Crippen LogP contribution is 2.31. The summed E-state index contributed by atoms with van der Waals surface area (Å²) in [5.74, 6) is 2.45. The van der Waals surface area contributed by atoms with E-state index in [1.54, 1.807) is 32.3 Å². The van der Waals surface area contributed by atoms with Gasteiger partial charge < -0.3 is 25.5 Å². The summed E-state index contributed by atoms with van der Waals surface area (Å²) in [6.07, 6.45) is 2.55. The van der Waals surface area contributed by atoms with Gasteiger partial charge in [0.15, 0.2) is 17.1 Å². The van der Waals surface area contributed by atoms with Crippen LogP contribution in [0.3, 0.4) is 0 Å². The summed E-state index contributed by atoms with van der Waals surface area (Å²) >= 11 is 1.62. The third-order valence-electron chi connectivity index (χ3n) is 3.94. The first kappa shape index (κ1) is 18.1. The number of anilines is 2. The number of aromatic amines is 1. The number of fused-ring (bicyclic) bond motifs is 1. The molecule has 0 aliphatic carbocycles. The summed E-state index contributed by atoms with van der Waals surface area (Å²) in [6.45, 7) is 2.14. The van der Waals surface area contributed by atoms with Crippen LogP contribution in [0.1, 0.15) is 13.3 Å². The van der Waals surface area contributed by atoms with Crippen molar-refractivity contribution in [2.75, 3.05) is 31.0 Å². The molecule has 0 bridgehead atoms. The van der Waals surface area contributed by atoms with Gasteiger partial charge in [-0.05, 0) is 18.6 Å². The molecule has 0 saturated carbocycles. The van der Waals surface area contributed by atoms with Crippen molar-refractivity contribution in [2.45, 2.75) is 24.4 Å². The van der Waals surface area contributed by atoms with Crippen LogP contribution in [0.5, 0.6) is 11.5 Å². The highest BCUT2D eigenvalue weighted by Gasteiger charge is 2.13. The van der Waals surface area contributed by atoms with Crippen molar-refractivity contribution in [1.29, 1.82) is 0 Å². The van der Waals surface area contributed by atoms with Gasteiger partial charge >= 0.3 is 0 Å². The maximum Gasteiger partial charge on any atom is 0.223 e. The lowest BCUT2D eigenvalue weighted by Gasteiger charge is -2.19. The second-order valence-electron chi connectivity index (χ2n) is 5.62. The first-order valence-electron chi connectivity index (χ1n) is 8.22. The Labute approximate surface area is 155 Å². The van der Waals surface area contributed by atoms with E-state index in [2.05, 4.69) is 32.2 Å². The van der Waals surface area contributed by atoms with Crippen LogP contribution < -0.4 is 20.5 Å². The number of imidazole rings is 1. The summed E-state index contributed by atoms with van der Waals surface area (Å²) in [5, 5.41) is 4.33. The Balaban J connectivity index is 1.71. The van der Waals surface area contributed by atoms with Crippen LogP contribution in [0.4, 0.5) is 11.6 Å². The Morgan fingerprint density at radius 1 is 1.23 bits per heavy atom. The molecule has 0 aliphatic rings. The number of thioether (sulfide) groups is 1. The van der Waals surface area contributed by atoms with Crippen LogP contribution >= 0.6 is 11.8 Å². The average molecular weight is 374 g/mol. The van der Waals surface area contributed by atoms with Gasteiger partial charge in [-0.15, -0.1) is 11.8 Å². The van der Waals surface area contributed by atoms with Crippen LogP contribution in [0.25, 0.3) is 11.2 Å². The summed E-state index contributed by atoms with van der Waals surface area (Å²) in [6, 6.07) is 6.04. The van der Waals surface area contributed by atoms with Crippen molar-refractivity contribution in [1.82, 2.24) is 19.9 Å². The number of benzene rings is 1. The van der Waals surface area contributed by atoms with Gasteiger partial charge in [0.1, 0.15) is 10.5 Å². The average Bonchev–Trinajstić information content (AvgIpc) is 3.12. The second-order valence-corrected chi connectivity index (χ2v) is 6.63. The van der Waals surface area contributed by atoms with Crippen molar-refractivity contribution in [3.8, 4) is 11.5 Å². The molecule has 2 heterocycles. The quantitative estimate of drug-likeness (QED) is 0.408. The maximum atomic E-state index is 5.77. The predicted octanol–water partition coefficient (Wildman–Crippen LogP) is 2.94. The fourth-order valence-corrected chi connectivity index (χ4v) is 3.66. The lowest BCUT2D eigenvalue weighted by molar-refractivity contribution is 0.355. The minimum Gasteiger partial charge on any atom is -0.493 e. The minimum atomic E-state index is 0.230. The number of methoxy groups -OCH3 is 2. The van der Waals surface area contributed by atoms with Gasteiger partial charge in [0.2, 0.25) is 5.95 Å². The number of nitrogens with zero attached hydrogens (tertiary/aromatic N) is 3. The van der Waals surface area contributed by atoms with Crippen molar-refractivity contribution >= 4 is 34.6 Å². The van der Waals surface area contributed by atoms with E-state index >= 15 is 0 Å². The van der Waals surface area contributed by atoms with Crippen LogP contribution in [0, 0.1) is 0 Å². The van der Waals surface area contributed by atoms with Crippen LogP contribution in [0.2, 0.25) is 0 Å². The lowest BCUT2D eigenvalue weighted by Crippen LogP contribution is -2.21. The van der Waals surface area contributed by atoms with Gasteiger partial charge in [0.05, 0.1) is 20.5 Å². The number of aromatic nitrogens is 4. The molecule has 0 aliphatic heterocycles. The number of hydrogen-bond acceptors (Lipinski definition) is 8. The van der Waals surface area contributed by atoms with Gasteiger partial charge in [-0.2, -0.15) is 4.98 Å². The summed E-state index contributed by atoms with van der Waals surface area (Å²) < 4.78 is 10.6. The lowest BCUT2D eigenvalue weighted by atomic mass is 10.2. The monoisotopic (exact) mass is 374 g/mol. The number of ether oxygens (including phenoxy) is 2. The molecule has 3 aromatic rings. The molecule has 0 amide bonds. The molecular formula is C17H22N6O2S. The normalized spacial score (nSPS) is 12.1. The molecule has 0 radical (unpaired) electrons. The molecule has 0 fully saturated rings. The van der Waals surface area contributed by atoms with Gasteiger partial charge in [-0.25, -0.2) is 9.97 Å². The largest absolute Gasteiger partial charge is 0.493 e. The van der Waals surface area contributed by atoms with E-state index in [9.17, 15) is 0 Å². The van der Waals surface area contributed by atoms with Gasteiger partial charge in [0.25, 0.3) is 0 Å². The number of rotatable bonds is 8. The van der Waals surface area contributed by atoms with E-state index < -0.39 is 0 Å². The first-order valence-corrected chi connectivity index (χ1v) is 9.21. The van der Waals surface area contributed by atoms with E-state index in [1.165, 1.54) is 0 Å². The number of H-pyrrole nitrogens is 1. The molecular weight excluding hydrogens is 352 g/mol. The Kier molecular flexibility index (Phi) is 5.67. The molecule has 1 atom stereocenters. The summed E-state index contributed by atoms with van der Waals surface area (Å²) in [4.78, 5) is 15.7. The Morgan fingerprint density at radius 2 is 2.04 bits per heavy atom. The highest BCUT2D eigenvalue weighted by molar-refractivity contribution is 7.99. The van der Waals surface area contributed by atoms with Crippen molar-refractivity contribution < 1.29 is 9.47 Å². The van der Waals surface area contributed by atoms with E-state index in [0.717, 1.165) is 28.4 Å². The van der Waals surface area contributed by atoms with E-state index in [0.29, 0.717) is 17.1 Å². The maximum absolute atomic E-state index is 5.77.